The zero-order chi connectivity index (χ0) is 19.7. The Bertz CT molecular complexity index is 1190. The smallest absolute Gasteiger partial charge is 0.282 e. The number of H-pyrrole nitrogens is 1. The summed E-state index contributed by atoms with van der Waals surface area (Å²) in [6, 6.07) is 13.7. The average molecular weight is 410 g/mol. The first-order valence-corrected chi connectivity index (χ1v) is 10.3. The maximum atomic E-state index is 12.7. The number of hydrogen-bond donors (Lipinski definition) is 2. The molecule has 0 fully saturated rings. The van der Waals surface area contributed by atoms with Crippen LogP contribution in [-0.2, 0) is 0 Å². The quantitative estimate of drug-likeness (QED) is 0.268. The Morgan fingerprint density at radius 2 is 2.11 bits per heavy atom. The predicted molar refractivity (Wildman–Crippen MR) is 112 cm³/mol. The number of thiophene rings is 1. The molecule has 0 saturated carbocycles. The number of nitrogens with zero attached hydrogens (tertiary/aromatic N) is 2. The molecular formula is C19H14N4O3S2. The monoisotopic (exact) mass is 410 g/mol. The molecule has 1 amide bonds. The molecule has 0 spiro atoms. The Labute approximate surface area is 168 Å². The standard InChI is InChI=1S/C19H14N4O3S2/c1-27-12-5-7-16(23(25)26)13(10-12)19(24)20-11-4-6-14-15(9-11)22-18(21-14)17-3-2-8-28-17/h2-10H,1H3,(H,20,24)(H,21,22). The van der Waals surface area contributed by atoms with Crippen LogP contribution in [0.25, 0.3) is 21.7 Å². The summed E-state index contributed by atoms with van der Waals surface area (Å²) in [6.07, 6.45) is 1.85. The molecule has 9 heteroatoms. The molecule has 2 aromatic carbocycles. The summed E-state index contributed by atoms with van der Waals surface area (Å²) in [6.45, 7) is 0. The molecule has 0 aliphatic carbocycles. The third-order valence-corrected chi connectivity index (χ3v) is 5.74. The SMILES string of the molecule is CSc1ccc([N+](=O)[O-])c(C(=O)Nc2ccc3nc(-c4cccs4)[nH]c3c2)c1. The minimum absolute atomic E-state index is 0.0285. The van der Waals surface area contributed by atoms with Gasteiger partial charge in [0.1, 0.15) is 11.4 Å². The van der Waals surface area contributed by atoms with E-state index in [2.05, 4.69) is 15.3 Å². The summed E-state index contributed by atoms with van der Waals surface area (Å²) in [5, 5.41) is 16.0. The van der Waals surface area contributed by atoms with Gasteiger partial charge in [0.25, 0.3) is 11.6 Å². The van der Waals surface area contributed by atoms with E-state index in [0.717, 1.165) is 26.6 Å². The van der Waals surface area contributed by atoms with Gasteiger partial charge in [0.15, 0.2) is 0 Å². The second kappa shape index (κ2) is 7.45. The number of carbonyl (C=O) groups excluding carboxylic acids is 1. The lowest BCUT2D eigenvalue weighted by Gasteiger charge is -2.07. The molecule has 0 bridgehead atoms. The van der Waals surface area contributed by atoms with Gasteiger partial charge in [-0.25, -0.2) is 4.98 Å². The Morgan fingerprint density at radius 1 is 1.25 bits per heavy atom. The second-order valence-electron chi connectivity index (χ2n) is 5.89. The predicted octanol–water partition coefficient (Wildman–Crippen LogP) is 5.17. The van der Waals surface area contributed by atoms with Crippen molar-refractivity contribution in [2.24, 2.45) is 0 Å². The van der Waals surface area contributed by atoms with Gasteiger partial charge in [-0.1, -0.05) is 6.07 Å². The number of carbonyl (C=O) groups is 1. The fourth-order valence-corrected chi connectivity index (χ4v) is 3.91. The lowest BCUT2D eigenvalue weighted by atomic mass is 10.1. The minimum atomic E-state index is -0.551. The molecule has 0 radical (unpaired) electrons. The molecule has 0 unspecified atom stereocenters. The normalized spacial score (nSPS) is 10.9. The second-order valence-corrected chi connectivity index (χ2v) is 7.72. The highest BCUT2D eigenvalue weighted by Gasteiger charge is 2.21. The van der Waals surface area contributed by atoms with Crippen LogP contribution < -0.4 is 5.32 Å². The molecule has 0 saturated heterocycles. The van der Waals surface area contributed by atoms with E-state index in [4.69, 9.17) is 0 Å². The van der Waals surface area contributed by atoms with Crippen LogP contribution in [0.1, 0.15) is 10.4 Å². The number of benzene rings is 2. The largest absolute Gasteiger partial charge is 0.337 e. The number of fused-ring (bicyclic) bond motifs is 1. The number of imidazole rings is 1. The first-order valence-electron chi connectivity index (χ1n) is 8.22. The molecule has 0 atom stereocenters. The fraction of sp³-hybridized carbons (Fsp3) is 0.0526. The number of anilines is 1. The van der Waals surface area contributed by atoms with E-state index in [1.807, 2.05) is 23.8 Å². The van der Waals surface area contributed by atoms with Crippen molar-refractivity contribution in [3.8, 4) is 10.7 Å². The van der Waals surface area contributed by atoms with Crippen molar-refractivity contribution >= 4 is 51.4 Å². The molecule has 2 heterocycles. The fourth-order valence-electron chi connectivity index (χ4n) is 2.80. The number of aromatic nitrogens is 2. The minimum Gasteiger partial charge on any atom is -0.337 e. The number of nitro groups is 1. The van der Waals surface area contributed by atoms with Gasteiger partial charge in [0.2, 0.25) is 0 Å². The molecule has 7 nitrogen and oxygen atoms in total. The zero-order valence-corrected chi connectivity index (χ0v) is 16.3. The van der Waals surface area contributed by atoms with Crippen molar-refractivity contribution in [2.75, 3.05) is 11.6 Å². The van der Waals surface area contributed by atoms with Gasteiger partial charge in [-0.3, -0.25) is 14.9 Å². The Morgan fingerprint density at radius 3 is 2.82 bits per heavy atom. The topological polar surface area (TPSA) is 101 Å². The van der Waals surface area contributed by atoms with E-state index < -0.39 is 10.8 Å². The first kappa shape index (κ1) is 18.2. The Kier molecular flexibility index (Phi) is 4.84. The maximum absolute atomic E-state index is 12.7. The summed E-state index contributed by atoms with van der Waals surface area (Å²) in [7, 11) is 0. The van der Waals surface area contributed by atoms with E-state index in [-0.39, 0.29) is 11.3 Å². The number of hydrogen-bond acceptors (Lipinski definition) is 6. The molecule has 28 heavy (non-hydrogen) atoms. The molecule has 140 valence electrons. The summed E-state index contributed by atoms with van der Waals surface area (Å²) in [4.78, 5) is 33.0. The van der Waals surface area contributed by atoms with Crippen LogP contribution in [-0.4, -0.2) is 27.1 Å². The molecule has 2 aromatic heterocycles. The molecule has 4 aromatic rings. The third-order valence-electron chi connectivity index (χ3n) is 4.14. The molecule has 2 N–H and O–H groups in total. The van der Waals surface area contributed by atoms with Crippen molar-refractivity contribution in [2.45, 2.75) is 4.90 Å². The van der Waals surface area contributed by atoms with E-state index in [9.17, 15) is 14.9 Å². The Balaban J connectivity index is 1.64. The number of nitro benzene ring substituents is 1. The number of nitrogens with one attached hydrogen (secondary N) is 2. The Hall–Kier alpha value is -3.17. The highest BCUT2D eigenvalue weighted by atomic mass is 32.2. The number of aromatic amines is 1. The van der Waals surface area contributed by atoms with Crippen LogP contribution in [0.4, 0.5) is 11.4 Å². The van der Waals surface area contributed by atoms with Gasteiger partial charge in [-0.05, 0) is 48.0 Å². The van der Waals surface area contributed by atoms with Crippen LogP contribution in [0.15, 0.2) is 58.8 Å². The highest BCUT2D eigenvalue weighted by molar-refractivity contribution is 7.98. The van der Waals surface area contributed by atoms with Crippen molar-refractivity contribution in [3.63, 3.8) is 0 Å². The van der Waals surface area contributed by atoms with Crippen LogP contribution >= 0.6 is 23.1 Å². The van der Waals surface area contributed by atoms with E-state index in [1.165, 1.54) is 23.9 Å². The lowest BCUT2D eigenvalue weighted by molar-refractivity contribution is -0.385. The summed E-state index contributed by atoms with van der Waals surface area (Å²) in [5.41, 5.74) is 1.88. The van der Waals surface area contributed by atoms with Crippen LogP contribution in [0, 0.1) is 10.1 Å². The van der Waals surface area contributed by atoms with Crippen LogP contribution in [0.5, 0.6) is 0 Å². The van der Waals surface area contributed by atoms with Gasteiger partial charge >= 0.3 is 0 Å². The maximum Gasteiger partial charge on any atom is 0.282 e. The summed E-state index contributed by atoms with van der Waals surface area (Å²) in [5.74, 6) is 0.233. The van der Waals surface area contributed by atoms with Gasteiger partial charge in [-0.15, -0.1) is 23.1 Å². The average Bonchev–Trinajstić information content (AvgIpc) is 3.36. The molecule has 4 rings (SSSR count). The van der Waals surface area contributed by atoms with Gasteiger partial charge in [0, 0.05) is 16.6 Å². The third kappa shape index (κ3) is 3.49. The number of rotatable bonds is 5. The van der Waals surface area contributed by atoms with Gasteiger partial charge in [0.05, 0.1) is 20.8 Å². The number of amides is 1. The van der Waals surface area contributed by atoms with Crippen molar-refractivity contribution in [1.29, 1.82) is 0 Å². The molecule has 0 aliphatic heterocycles. The van der Waals surface area contributed by atoms with Crippen LogP contribution in [0.3, 0.4) is 0 Å². The van der Waals surface area contributed by atoms with Gasteiger partial charge in [-0.2, -0.15) is 0 Å². The van der Waals surface area contributed by atoms with Crippen molar-refractivity contribution in [1.82, 2.24) is 9.97 Å². The molecular weight excluding hydrogens is 396 g/mol. The van der Waals surface area contributed by atoms with Crippen molar-refractivity contribution < 1.29 is 9.72 Å². The first-order chi connectivity index (χ1) is 13.5. The zero-order valence-electron chi connectivity index (χ0n) is 14.6. The van der Waals surface area contributed by atoms with Crippen molar-refractivity contribution in [3.05, 3.63) is 69.6 Å². The highest BCUT2D eigenvalue weighted by Crippen LogP contribution is 2.28. The summed E-state index contributed by atoms with van der Waals surface area (Å²) >= 11 is 3.00. The summed E-state index contributed by atoms with van der Waals surface area (Å²) < 4.78 is 0. The van der Waals surface area contributed by atoms with E-state index in [1.54, 1.807) is 35.6 Å². The van der Waals surface area contributed by atoms with Crippen LogP contribution in [0.2, 0.25) is 0 Å². The molecule has 0 aliphatic rings. The number of thioether (sulfide) groups is 1. The van der Waals surface area contributed by atoms with Gasteiger partial charge < -0.3 is 10.3 Å². The lowest BCUT2D eigenvalue weighted by Crippen LogP contribution is -2.14. The van der Waals surface area contributed by atoms with E-state index >= 15 is 0 Å². The van der Waals surface area contributed by atoms with E-state index in [0.29, 0.717) is 5.69 Å².